The van der Waals surface area contributed by atoms with Gasteiger partial charge in [0.2, 0.25) is 0 Å². The Labute approximate surface area is 159 Å². The summed E-state index contributed by atoms with van der Waals surface area (Å²) in [5.74, 6) is -2.52. The van der Waals surface area contributed by atoms with Crippen molar-refractivity contribution in [2.24, 2.45) is 5.73 Å². The molecule has 3 nitrogen and oxygen atoms in total. The summed E-state index contributed by atoms with van der Waals surface area (Å²) in [5, 5.41) is 0. The maximum absolute atomic E-state index is 14.6. The Morgan fingerprint density at radius 1 is 1.11 bits per heavy atom. The molecular formula is C20H20F5NO2. The van der Waals surface area contributed by atoms with E-state index in [2.05, 4.69) is 4.74 Å². The third-order valence-corrected chi connectivity index (χ3v) is 4.34. The summed E-state index contributed by atoms with van der Waals surface area (Å²) >= 11 is 0. The van der Waals surface area contributed by atoms with E-state index in [0.29, 0.717) is 22.8 Å². The molecule has 0 saturated carbocycles. The fourth-order valence-corrected chi connectivity index (χ4v) is 3.21. The number of benzene rings is 2. The van der Waals surface area contributed by atoms with Gasteiger partial charge in [-0.3, -0.25) is 4.79 Å². The Hall–Kier alpha value is -2.32. The number of rotatable bonds is 6. The molecule has 0 aliphatic carbocycles. The largest absolute Gasteiger partial charge is 0.419 e. The topological polar surface area (TPSA) is 52.3 Å². The number of alkyl halides is 3. The molecule has 0 amide bonds. The first-order valence-corrected chi connectivity index (χ1v) is 8.39. The molecule has 0 aliphatic rings. The van der Waals surface area contributed by atoms with Gasteiger partial charge in [-0.1, -0.05) is 0 Å². The summed E-state index contributed by atoms with van der Waals surface area (Å²) in [5.41, 5.74) is 5.11. The number of ketones is 1. The summed E-state index contributed by atoms with van der Waals surface area (Å²) in [4.78, 5) is 11.7. The van der Waals surface area contributed by atoms with Crippen molar-refractivity contribution in [1.29, 1.82) is 0 Å². The van der Waals surface area contributed by atoms with Crippen LogP contribution in [-0.2, 0) is 15.7 Å². The molecule has 0 unspecified atom stereocenters. The highest BCUT2D eigenvalue weighted by Gasteiger charge is 2.37. The lowest BCUT2D eigenvalue weighted by molar-refractivity contribution is -0.140. The van der Waals surface area contributed by atoms with E-state index in [1.54, 1.807) is 13.8 Å². The van der Waals surface area contributed by atoms with Crippen LogP contribution in [-0.4, -0.2) is 19.5 Å². The number of carbonyl (C=O) groups excluding carboxylic acids is 1. The molecule has 0 aliphatic heterocycles. The van der Waals surface area contributed by atoms with E-state index in [4.69, 9.17) is 5.73 Å². The quantitative estimate of drug-likeness (QED) is 0.703. The Morgan fingerprint density at radius 2 is 1.68 bits per heavy atom. The van der Waals surface area contributed by atoms with Gasteiger partial charge in [-0.25, -0.2) is 8.78 Å². The summed E-state index contributed by atoms with van der Waals surface area (Å²) < 4.78 is 73.1. The normalized spacial score (nSPS) is 12.9. The minimum Gasteiger partial charge on any atom is -0.377 e. The van der Waals surface area contributed by atoms with Crippen LogP contribution in [0.25, 0.3) is 11.1 Å². The summed E-state index contributed by atoms with van der Waals surface area (Å²) in [7, 11) is 1.28. The third kappa shape index (κ3) is 4.74. The average molecular weight is 401 g/mol. The highest BCUT2D eigenvalue weighted by molar-refractivity contribution is 5.80. The lowest BCUT2D eigenvalue weighted by Crippen LogP contribution is -2.21. The van der Waals surface area contributed by atoms with Crippen LogP contribution in [0.3, 0.4) is 0 Å². The number of hydrogen-bond donors (Lipinski definition) is 1. The van der Waals surface area contributed by atoms with E-state index in [1.165, 1.54) is 25.3 Å². The van der Waals surface area contributed by atoms with Crippen LogP contribution >= 0.6 is 0 Å². The lowest BCUT2D eigenvalue weighted by atomic mass is 9.90. The van der Waals surface area contributed by atoms with Crippen molar-refractivity contribution in [3.8, 4) is 11.1 Å². The van der Waals surface area contributed by atoms with Gasteiger partial charge in [-0.05, 0) is 60.4 Å². The van der Waals surface area contributed by atoms with Crippen LogP contribution in [0.2, 0.25) is 0 Å². The number of methoxy groups -OCH3 is 1. The first kappa shape index (κ1) is 22.0. The maximum atomic E-state index is 14.6. The van der Waals surface area contributed by atoms with E-state index in [1.807, 2.05) is 0 Å². The second kappa shape index (κ2) is 8.36. The number of aryl methyl sites for hydroxylation is 2. The molecule has 2 aromatic rings. The maximum Gasteiger partial charge on any atom is 0.419 e. The number of Topliss-reactive ketones (excluding diaryl/α,β-unsaturated/α-hetero) is 1. The standard InChI is InChI=1S/C20H20F5NO2/c1-10-4-13(21)5-11(2)18(10)12-6-15(17(26)8-14(27)9-28-3)19(22)16(7-12)20(23,24)25/h4-7,17H,8-9,26H2,1-3H3/t17-/m0/s1. The molecule has 152 valence electrons. The van der Waals surface area contributed by atoms with Crippen LogP contribution < -0.4 is 5.73 Å². The molecule has 2 N–H and O–H groups in total. The Morgan fingerprint density at radius 3 is 2.18 bits per heavy atom. The van der Waals surface area contributed by atoms with Gasteiger partial charge in [0.1, 0.15) is 18.2 Å². The molecule has 0 bridgehead atoms. The van der Waals surface area contributed by atoms with E-state index >= 15 is 0 Å². The van der Waals surface area contributed by atoms with Gasteiger partial charge in [-0.2, -0.15) is 13.2 Å². The monoisotopic (exact) mass is 401 g/mol. The Kier molecular flexibility index (Phi) is 6.56. The van der Waals surface area contributed by atoms with Crippen molar-refractivity contribution in [3.63, 3.8) is 0 Å². The van der Waals surface area contributed by atoms with Crippen LogP contribution in [0.5, 0.6) is 0 Å². The Balaban J connectivity index is 2.67. The first-order chi connectivity index (χ1) is 13.0. The number of hydrogen-bond acceptors (Lipinski definition) is 3. The minimum atomic E-state index is -4.97. The third-order valence-electron chi connectivity index (χ3n) is 4.34. The molecule has 0 spiro atoms. The van der Waals surface area contributed by atoms with Crippen molar-refractivity contribution in [2.75, 3.05) is 13.7 Å². The number of nitrogens with two attached hydrogens (primary N) is 1. The van der Waals surface area contributed by atoms with Crippen LogP contribution in [0.4, 0.5) is 22.0 Å². The second-order valence-corrected chi connectivity index (χ2v) is 6.62. The van der Waals surface area contributed by atoms with Gasteiger partial charge < -0.3 is 10.5 Å². The molecule has 2 aromatic carbocycles. The SMILES string of the molecule is COCC(=O)C[C@H](N)c1cc(-c2c(C)cc(F)cc2C)cc(C(F)(F)F)c1F. The zero-order chi connectivity index (χ0) is 21.2. The van der Waals surface area contributed by atoms with Gasteiger partial charge in [0.25, 0.3) is 0 Å². The molecule has 2 rings (SSSR count). The second-order valence-electron chi connectivity index (χ2n) is 6.62. The summed E-state index contributed by atoms with van der Waals surface area (Å²) in [6, 6.07) is 2.93. The molecule has 8 heteroatoms. The van der Waals surface area contributed by atoms with Crippen molar-refractivity contribution in [3.05, 3.63) is 58.2 Å². The molecule has 0 heterocycles. The van der Waals surface area contributed by atoms with Crippen molar-refractivity contribution in [1.82, 2.24) is 0 Å². The molecule has 1 atom stereocenters. The average Bonchev–Trinajstić information content (AvgIpc) is 2.54. The van der Waals surface area contributed by atoms with Gasteiger partial charge in [0.15, 0.2) is 5.78 Å². The summed E-state index contributed by atoms with van der Waals surface area (Å²) in [6.45, 7) is 2.81. The highest BCUT2D eigenvalue weighted by Crippen LogP contribution is 2.39. The Bertz CT molecular complexity index is 870. The van der Waals surface area contributed by atoms with Gasteiger partial charge in [0.05, 0.1) is 5.56 Å². The highest BCUT2D eigenvalue weighted by atomic mass is 19.4. The van der Waals surface area contributed by atoms with Gasteiger partial charge >= 0.3 is 6.18 Å². The van der Waals surface area contributed by atoms with Gasteiger partial charge in [-0.15, -0.1) is 0 Å². The minimum absolute atomic E-state index is 0.0494. The van der Waals surface area contributed by atoms with Crippen molar-refractivity contribution < 1.29 is 31.5 Å². The number of ether oxygens (including phenoxy) is 1. The molecule has 0 fully saturated rings. The zero-order valence-electron chi connectivity index (χ0n) is 15.6. The lowest BCUT2D eigenvalue weighted by Gasteiger charge is -2.20. The van der Waals surface area contributed by atoms with Crippen molar-refractivity contribution >= 4 is 5.78 Å². The zero-order valence-corrected chi connectivity index (χ0v) is 15.6. The van der Waals surface area contributed by atoms with E-state index in [-0.39, 0.29) is 18.6 Å². The molecule has 0 aromatic heterocycles. The number of carbonyl (C=O) groups is 1. The van der Waals surface area contributed by atoms with Crippen LogP contribution in [0.1, 0.15) is 34.7 Å². The van der Waals surface area contributed by atoms with Crippen molar-refractivity contribution in [2.45, 2.75) is 32.5 Å². The number of halogens is 5. The predicted octanol–water partition coefficient (Wildman–Crippen LogP) is 4.87. The fourth-order valence-electron chi connectivity index (χ4n) is 3.21. The predicted molar refractivity (Wildman–Crippen MR) is 94.7 cm³/mol. The molecular weight excluding hydrogens is 381 g/mol. The molecule has 0 saturated heterocycles. The fraction of sp³-hybridized carbons (Fsp3) is 0.350. The molecule has 0 radical (unpaired) electrons. The summed E-state index contributed by atoms with van der Waals surface area (Å²) in [6.07, 6.45) is -5.35. The van der Waals surface area contributed by atoms with E-state index < -0.39 is 40.8 Å². The van der Waals surface area contributed by atoms with Gasteiger partial charge in [0, 0.05) is 25.1 Å². The first-order valence-electron chi connectivity index (χ1n) is 8.39. The van der Waals surface area contributed by atoms with Crippen LogP contribution in [0.15, 0.2) is 24.3 Å². The van der Waals surface area contributed by atoms with E-state index in [0.717, 1.165) is 0 Å². The van der Waals surface area contributed by atoms with Crippen LogP contribution in [0, 0.1) is 25.5 Å². The van der Waals surface area contributed by atoms with E-state index in [9.17, 15) is 26.7 Å². The molecule has 28 heavy (non-hydrogen) atoms. The smallest absolute Gasteiger partial charge is 0.377 e.